The van der Waals surface area contributed by atoms with Gasteiger partial charge in [0.2, 0.25) is 0 Å². The number of carbonyl (C=O) groups is 1. The molecule has 1 aromatic heterocycles. The summed E-state index contributed by atoms with van der Waals surface area (Å²) in [6, 6.07) is 18.9. The number of aryl methyl sites for hydroxylation is 1. The minimum Gasteiger partial charge on any atom is -0.347 e. The Hall–Kier alpha value is -2.63. The second-order valence-electron chi connectivity index (χ2n) is 8.81. The van der Waals surface area contributed by atoms with Crippen LogP contribution in [0.25, 0.3) is 10.9 Å². The molecule has 164 valence electrons. The second kappa shape index (κ2) is 10.1. The molecule has 1 amide bonds. The number of nitrogens with zero attached hydrogens (tertiary/aromatic N) is 4. The van der Waals surface area contributed by atoms with Gasteiger partial charge in [-0.3, -0.25) is 9.69 Å². The van der Waals surface area contributed by atoms with Crippen molar-refractivity contribution in [2.45, 2.75) is 19.4 Å². The molecule has 3 aromatic rings. The van der Waals surface area contributed by atoms with E-state index in [1.54, 1.807) is 0 Å². The Morgan fingerprint density at radius 1 is 0.935 bits per heavy atom. The van der Waals surface area contributed by atoms with Gasteiger partial charge in [-0.2, -0.15) is 0 Å². The van der Waals surface area contributed by atoms with Crippen LogP contribution in [-0.4, -0.2) is 78.5 Å². The molecule has 4 rings (SSSR count). The van der Waals surface area contributed by atoms with Crippen LogP contribution in [0.2, 0.25) is 0 Å². The first kappa shape index (κ1) is 21.6. The van der Waals surface area contributed by atoms with Crippen LogP contribution in [0.15, 0.2) is 60.8 Å². The van der Waals surface area contributed by atoms with Crippen molar-refractivity contribution in [3.05, 3.63) is 71.9 Å². The molecule has 1 fully saturated rings. The van der Waals surface area contributed by atoms with Crippen molar-refractivity contribution in [2.75, 3.05) is 53.4 Å². The summed E-state index contributed by atoms with van der Waals surface area (Å²) in [4.78, 5) is 19.8. The molecular weight excluding hydrogens is 384 g/mol. The number of benzene rings is 2. The molecule has 5 nitrogen and oxygen atoms in total. The van der Waals surface area contributed by atoms with Crippen molar-refractivity contribution in [3.8, 4) is 0 Å². The van der Waals surface area contributed by atoms with Gasteiger partial charge >= 0.3 is 0 Å². The molecule has 31 heavy (non-hydrogen) atoms. The summed E-state index contributed by atoms with van der Waals surface area (Å²) in [7, 11) is 4.21. The number of rotatable bonds is 8. The van der Waals surface area contributed by atoms with Gasteiger partial charge < -0.3 is 14.4 Å². The number of aromatic nitrogens is 1. The molecule has 0 saturated carbocycles. The van der Waals surface area contributed by atoms with Gasteiger partial charge in [0, 0.05) is 61.9 Å². The summed E-state index contributed by atoms with van der Waals surface area (Å²) in [6.07, 6.45) is 4.32. The lowest BCUT2D eigenvalue weighted by atomic mass is 10.1. The van der Waals surface area contributed by atoms with Gasteiger partial charge in [-0.15, -0.1) is 0 Å². The number of amides is 1. The molecule has 0 spiro atoms. The van der Waals surface area contributed by atoms with Gasteiger partial charge in [-0.05, 0) is 63.3 Å². The summed E-state index contributed by atoms with van der Waals surface area (Å²) < 4.78 is 2.29. The highest BCUT2D eigenvalue weighted by Crippen LogP contribution is 2.20. The quantitative estimate of drug-likeness (QED) is 0.560. The van der Waals surface area contributed by atoms with E-state index in [4.69, 9.17) is 0 Å². The van der Waals surface area contributed by atoms with Crippen LogP contribution in [0.5, 0.6) is 0 Å². The van der Waals surface area contributed by atoms with Crippen LogP contribution in [0.1, 0.15) is 22.3 Å². The zero-order valence-corrected chi connectivity index (χ0v) is 18.8. The van der Waals surface area contributed by atoms with Gasteiger partial charge in [-0.1, -0.05) is 30.3 Å². The van der Waals surface area contributed by atoms with Gasteiger partial charge in [0.1, 0.15) is 0 Å². The Kier molecular flexibility index (Phi) is 7.05. The minimum absolute atomic E-state index is 0.157. The van der Waals surface area contributed by atoms with Crippen LogP contribution in [0.3, 0.4) is 0 Å². The topological polar surface area (TPSA) is 31.7 Å². The van der Waals surface area contributed by atoms with Crippen molar-refractivity contribution in [2.24, 2.45) is 0 Å². The Balaban J connectivity index is 1.31. The van der Waals surface area contributed by atoms with E-state index in [1.807, 2.05) is 11.0 Å². The number of hydrogen-bond donors (Lipinski definition) is 0. The number of hydrogen-bond acceptors (Lipinski definition) is 3. The van der Waals surface area contributed by atoms with Gasteiger partial charge in [0.15, 0.2) is 0 Å². The van der Waals surface area contributed by atoms with Gasteiger partial charge in [0.25, 0.3) is 5.91 Å². The maximum Gasteiger partial charge on any atom is 0.253 e. The van der Waals surface area contributed by atoms with Gasteiger partial charge in [0.05, 0.1) is 0 Å². The lowest BCUT2D eigenvalue weighted by Crippen LogP contribution is -2.49. The average Bonchev–Trinajstić information content (AvgIpc) is 3.20. The highest BCUT2D eigenvalue weighted by molar-refractivity contribution is 5.98. The Labute approximate surface area is 185 Å². The lowest BCUT2D eigenvalue weighted by Gasteiger charge is -2.34. The molecule has 1 aliphatic heterocycles. The smallest absolute Gasteiger partial charge is 0.253 e. The Morgan fingerprint density at radius 2 is 1.71 bits per heavy atom. The first-order chi connectivity index (χ1) is 15.1. The fraction of sp³-hybridized carbons (Fsp3) is 0.423. The summed E-state index contributed by atoms with van der Waals surface area (Å²) >= 11 is 0. The van der Waals surface area contributed by atoms with E-state index in [0.29, 0.717) is 0 Å². The number of carbonyl (C=O) groups excluding carboxylic acids is 1. The summed E-state index contributed by atoms with van der Waals surface area (Å²) in [5.41, 5.74) is 3.39. The van der Waals surface area contributed by atoms with Crippen molar-refractivity contribution in [1.29, 1.82) is 0 Å². The molecule has 2 aromatic carbocycles. The van der Waals surface area contributed by atoms with Crippen molar-refractivity contribution < 1.29 is 4.79 Å². The lowest BCUT2D eigenvalue weighted by molar-refractivity contribution is 0.0638. The molecule has 1 aliphatic rings. The van der Waals surface area contributed by atoms with Crippen LogP contribution >= 0.6 is 0 Å². The van der Waals surface area contributed by atoms with Crippen molar-refractivity contribution in [3.63, 3.8) is 0 Å². The van der Waals surface area contributed by atoms with Crippen molar-refractivity contribution >= 4 is 16.8 Å². The maximum absolute atomic E-state index is 13.1. The standard InChI is InChI=1S/C26H34N4O/c1-27(2)13-6-14-29-16-12-23-21-24(9-10-25(23)29)26(31)30-19-17-28(18-20-30)15-11-22-7-4-3-5-8-22/h3-5,7-10,12,16,21H,6,11,13-15,17-20H2,1-2H3. The number of piperazine rings is 1. The molecule has 5 heteroatoms. The predicted molar refractivity (Wildman–Crippen MR) is 128 cm³/mol. The van der Waals surface area contributed by atoms with Crippen molar-refractivity contribution in [1.82, 2.24) is 19.3 Å². The SMILES string of the molecule is CN(C)CCCn1ccc2cc(C(=O)N3CCN(CCc4ccccc4)CC3)ccc21. The molecular formula is C26H34N4O. The normalized spacial score (nSPS) is 15.1. The van der Waals surface area contributed by atoms with Gasteiger partial charge in [-0.25, -0.2) is 0 Å². The van der Waals surface area contributed by atoms with E-state index in [0.717, 1.165) is 69.6 Å². The second-order valence-corrected chi connectivity index (χ2v) is 8.81. The third kappa shape index (κ3) is 5.54. The van der Waals surface area contributed by atoms with E-state index in [9.17, 15) is 4.79 Å². The largest absolute Gasteiger partial charge is 0.347 e. The zero-order valence-electron chi connectivity index (χ0n) is 18.8. The van der Waals surface area contributed by atoms with E-state index in [-0.39, 0.29) is 5.91 Å². The number of fused-ring (bicyclic) bond motifs is 1. The molecule has 0 atom stereocenters. The average molecular weight is 419 g/mol. The Morgan fingerprint density at radius 3 is 2.45 bits per heavy atom. The molecule has 1 saturated heterocycles. The first-order valence-electron chi connectivity index (χ1n) is 11.4. The van der Waals surface area contributed by atoms with Crippen LogP contribution in [0, 0.1) is 0 Å². The maximum atomic E-state index is 13.1. The molecule has 0 aliphatic carbocycles. The van der Waals surface area contributed by atoms with Crippen LogP contribution in [0.4, 0.5) is 0 Å². The van der Waals surface area contributed by atoms with E-state index < -0.39 is 0 Å². The zero-order chi connectivity index (χ0) is 21.6. The summed E-state index contributed by atoms with van der Waals surface area (Å²) in [6.45, 7) is 6.63. The third-order valence-electron chi connectivity index (χ3n) is 6.24. The van der Waals surface area contributed by atoms with Crippen LogP contribution in [-0.2, 0) is 13.0 Å². The monoisotopic (exact) mass is 418 g/mol. The van der Waals surface area contributed by atoms with E-state index >= 15 is 0 Å². The van der Waals surface area contributed by atoms with Crippen LogP contribution < -0.4 is 0 Å². The molecule has 0 N–H and O–H groups in total. The molecule has 0 unspecified atom stereocenters. The molecule has 0 bridgehead atoms. The molecule has 0 radical (unpaired) electrons. The summed E-state index contributed by atoms with van der Waals surface area (Å²) in [5, 5.41) is 1.15. The highest BCUT2D eigenvalue weighted by Gasteiger charge is 2.22. The summed E-state index contributed by atoms with van der Waals surface area (Å²) in [5.74, 6) is 0.157. The fourth-order valence-corrected chi connectivity index (χ4v) is 4.37. The van der Waals surface area contributed by atoms with E-state index in [2.05, 4.69) is 83.2 Å². The fourth-order valence-electron chi connectivity index (χ4n) is 4.37. The van der Waals surface area contributed by atoms with E-state index in [1.165, 1.54) is 11.1 Å². The minimum atomic E-state index is 0.157. The first-order valence-corrected chi connectivity index (χ1v) is 11.4. The Bertz CT molecular complexity index is 987. The predicted octanol–water partition coefficient (Wildman–Crippen LogP) is 3.59. The molecule has 2 heterocycles. The highest BCUT2D eigenvalue weighted by atomic mass is 16.2. The third-order valence-corrected chi connectivity index (χ3v) is 6.24.